The lowest BCUT2D eigenvalue weighted by Crippen LogP contribution is -2.48. The van der Waals surface area contributed by atoms with Gasteiger partial charge in [0.2, 0.25) is 0 Å². The van der Waals surface area contributed by atoms with Crippen LogP contribution in [-0.4, -0.2) is 36.5 Å². The molecule has 0 bridgehead atoms. The fourth-order valence-electron chi connectivity index (χ4n) is 2.35. The van der Waals surface area contributed by atoms with Gasteiger partial charge in [-0.3, -0.25) is 4.79 Å². The van der Waals surface area contributed by atoms with Gasteiger partial charge < -0.3 is 9.64 Å². The highest BCUT2D eigenvalue weighted by Crippen LogP contribution is 2.22. The summed E-state index contributed by atoms with van der Waals surface area (Å²) >= 11 is 2.14. The van der Waals surface area contributed by atoms with Crippen LogP contribution in [0.5, 0.6) is 0 Å². The first-order valence-electron chi connectivity index (χ1n) is 6.28. The van der Waals surface area contributed by atoms with Crippen LogP contribution in [0.15, 0.2) is 24.3 Å². The Morgan fingerprint density at radius 2 is 2.05 bits per heavy atom. The zero-order valence-electron chi connectivity index (χ0n) is 10.8. The van der Waals surface area contributed by atoms with Crippen molar-refractivity contribution in [1.29, 1.82) is 0 Å². The number of rotatable bonds is 2. The number of esters is 1. The maximum atomic E-state index is 12.6. The lowest BCUT2D eigenvalue weighted by atomic mass is 10.0. The van der Waals surface area contributed by atoms with E-state index >= 15 is 0 Å². The number of carbonyl (C=O) groups is 2. The molecule has 0 radical (unpaired) electrons. The van der Waals surface area contributed by atoms with E-state index in [0.29, 0.717) is 18.5 Å². The molecular weight excluding hydrogens is 357 g/mol. The first-order chi connectivity index (χ1) is 9.15. The van der Waals surface area contributed by atoms with E-state index in [9.17, 15) is 9.59 Å². The maximum Gasteiger partial charge on any atom is 0.328 e. The van der Waals surface area contributed by atoms with Gasteiger partial charge in [0.25, 0.3) is 5.91 Å². The lowest BCUT2D eigenvalue weighted by Gasteiger charge is -2.34. The maximum absolute atomic E-state index is 12.6. The van der Waals surface area contributed by atoms with Gasteiger partial charge in [-0.15, -0.1) is 0 Å². The third-order valence-electron chi connectivity index (χ3n) is 3.34. The normalized spacial score (nSPS) is 19.1. The van der Waals surface area contributed by atoms with Crippen LogP contribution in [0.2, 0.25) is 0 Å². The molecule has 0 aromatic heterocycles. The van der Waals surface area contributed by atoms with E-state index in [0.717, 1.165) is 16.4 Å². The Hall–Kier alpha value is -1.11. The Balaban J connectivity index is 2.25. The highest BCUT2D eigenvalue weighted by Gasteiger charge is 2.33. The van der Waals surface area contributed by atoms with E-state index in [-0.39, 0.29) is 11.9 Å². The Morgan fingerprint density at radius 3 is 2.74 bits per heavy atom. The predicted molar refractivity (Wildman–Crippen MR) is 79.9 cm³/mol. The molecule has 4 nitrogen and oxygen atoms in total. The van der Waals surface area contributed by atoms with Crippen molar-refractivity contribution in [3.05, 3.63) is 33.4 Å². The van der Waals surface area contributed by atoms with E-state index in [1.807, 2.05) is 18.2 Å². The van der Waals surface area contributed by atoms with Crippen LogP contribution in [-0.2, 0) is 9.53 Å². The number of hydrogen-bond acceptors (Lipinski definition) is 3. The molecule has 0 N–H and O–H groups in total. The molecule has 1 saturated heterocycles. The molecule has 1 aliphatic rings. The summed E-state index contributed by atoms with van der Waals surface area (Å²) in [6.07, 6.45) is 2.57. The number of piperidine rings is 1. The number of carbonyl (C=O) groups excluding carboxylic acids is 2. The number of methoxy groups -OCH3 is 1. The van der Waals surface area contributed by atoms with Crippen molar-refractivity contribution in [2.24, 2.45) is 0 Å². The molecule has 0 saturated carbocycles. The van der Waals surface area contributed by atoms with E-state index in [4.69, 9.17) is 4.74 Å². The number of benzene rings is 1. The molecule has 19 heavy (non-hydrogen) atoms. The van der Waals surface area contributed by atoms with Crippen molar-refractivity contribution in [3.8, 4) is 0 Å². The smallest absolute Gasteiger partial charge is 0.328 e. The van der Waals surface area contributed by atoms with Gasteiger partial charge in [-0.1, -0.05) is 12.1 Å². The molecule has 0 unspecified atom stereocenters. The molecule has 2 rings (SSSR count). The van der Waals surface area contributed by atoms with Crippen LogP contribution >= 0.6 is 22.6 Å². The topological polar surface area (TPSA) is 46.6 Å². The summed E-state index contributed by atoms with van der Waals surface area (Å²) in [6.45, 7) is 0.615. The molecule has 1 aromatic carbocycles. The minimum Gasteiger partial charge on any atom is -0.467 e. The molecule has 5 heteroatoms. The van der Waals surface area contributed by atoms with Gasteiger partial charge in [0.15, 0.2) is 0 Å². The molecule has 0 aliphatic carbocycles. The second-order valence-electron chi connectivity index (χ2n) is 4.51. The standard InChI is InChI=1S/C14H16INO3/c1-19-14(18)12-8-4-5-9-16(12)13(17)10-6-2-3-7-11(10)15/h2-3,6-7,12H,4-5,8-9H2,1H3/t12-/m0/s1. The molecule has 1 aromatic rings. The van der Waals surface area contributed by atoms with Crippen LogP contribution in [0.3, 0.4) is 0 Å². The van der Waals surface area contributed by atoms with Crippen LogP contribution in [0.1, 0.15) is 29.6 Å². The average molecular weight is 373 g/mol. The van der Waals surface area contributed by atoms with Crippen LogP contribution in [0, 0.1) is 3.57 Å². The quantitative estimate of drug-likeness (QED) is 0.591. The first-order valence-corrected chi connectivity index (χ1v) is 7.36. The first kappa shape index (κ1) is 14.3. The van der Waals surface area contributed by atoms with Gasteiger partial charge in [0.05, 0.1) is 12.7 Å². The van der Waals surface area contributed by atoms with Gasteiger partial charge in [0.1, 0.15) is 6.04 Å². The summed E-state index contributed by atoms with van der Waals surface area (Å²) < 4.78 is 5.70. The Labute approximate surface area is 126 Å². The minimum absolute atomic E-state index is 0.0832. The monoisotopic (exact) mass is 373 g/mol. The number of ether oxygens (including phenoxy) is 1. The molecule has 102 valence electrons. The number of halogens is 1. The minimum atomic E-state index is -0.442. The van der Waals surface area contributed by atoms with Crippen molar-refractivity contribution < 1.29 is 14.3 Å². The van der Waals surface area contributed by atoms with Crippen molar-refractivity contribution in [2.45, 2.75) is 25.3 Å². The largest absolute Gasteiger partial charge is 0.467 e. The van der Waals surface area contributed by atoms with E-state index in [2.05, 4.69) is 22.6 Å². The molecular formula is C14H16INO3. The fourth-order valence-corrected chi connectivity index (χ4v) is 2.96. The van der Waals surface area contributed by atoms with E-state index in [1.54, 1.807) is 11.0 Å². The summed E-state index contributed by atoms with van der Waals surface area (Å²) in [5.41, 5.74) is 0.652. The van der Waals surface area contributed by atoms with Gasteiger partial charge >= 0.3 is 5.97 Å². The zero-order chi connectivity index (χ0) is 13.8. The molecule has 1 amide bonds. The molecule has 1 atom stereocenters. The highest BCUT2D eigenvalue weighted by atomic mass is 127. The Kier molecular flexibility index (Phi) is 4.79. The summed E-state index contributed by atoms with van der Waals surface area (Å²) in [6, 6.07) is 6.99. The molecule has 1 fully saturated rings. The molecule has 1 heterocycles. The van der Waals surface area contributed by atoms with Crippen LogP contribution in [0.25, 0.3) is 0 Å². The highest BCUT2D eigenvalue weighted by molar-refractivity contribution is 14.1. The van der Waals surface area contributed by atoms with Crippen LogP contribution in [0.4, 0.5) is 0 Å². The van der Waals surface area contributed by atoms with Crippen LogP contribution < -0.4 is 0 Å². The predicted octanol–water partition coefficient (Wildman–Crippen LogP) is 2.46. The van der Waals surface area contributed by atoms with Gasteiger partial charge in [-0.2, -0.15) is 0 Å². The Bertz CT molecular complexity index is 489. The lowest BCUT2D eigenvalue weighted by molar-refractivity contribution is -0.147. The summed E-state index contributed by atoms with van der Waals surface area (Å²) in [7, 11) is 1.37. The number of amides is 1. The fraction of sp³-hybridized carbons (Fsp3) is 0.429. The Morgan fingerprint density at radius 1 is 1.32 bits per heavy atom. The summed E-state index contributed by atoms with van der Waals surface area (Å²) in [5.74, 6) is -0.404. The number of likely N-dealkylation sites (tertiary alicyclic amines) is 1. The second kappa shape index (κ2) is 6.36. The van der Waals surface area contributed by atoms with Crippen molar-refractivity contribution in [3.63, 3.8) is 0 Å². The van der Waals surface area contributed by atoms with Gasteiger partial charge in [-0.05, 0) is 54.0 Å². The summed E-state index contributed by atoms with van der Waals surface area (Å²) in [5, 5.41) is 0. The van der Waals surface area contributed by atoms with Gasteiger partial charge in [-0.25, -0.2) is 4.79 Å². The number of nitrogens with zero attached hydrogens (tertiary/aromatic N) is 1. The van der Waals surface area contributed by atoms with Crippen molar-refractivity contribution >= 4 is 34.5 Å². The van der Waals surface area contributed by atoms with Crippen molar-refractivity contribution in [2.75, 3.05) is 13.7 Å². The summed E-state index contributed by atoms with van der Waals surface area (Å²) in [4.78, 5) is 26.0. The second-order valence-corrected chi connectivity index (χ2v) is 5.68. The third-order valence-corrected chi connectivity index (χ3v) is 4.28. The van der Waals surface area contributed by atoms with E-state index < -0.39 is 6.04 Å². The molecule has 0 spiro atoms. The third kappa shape index (κ3) is 3.08. The average Bonchev–Trinajstić information content (AvgIpc) is 2.46. The number of hydrogen-bond donors (Lipinski definition) is 0. The van der Waals surface area contributed by atoms with Crippen molar-refractivity contribution in [1.82, 2.24) is 4.90 Å². The molecule has 1 aliphatic heterocycles. The SMILES string of the molecule is COC(=O)[C@@H]1CCCCN1C(=O)c1ccccc1I. The van der Waals surface area contributed by atoms with E-state index in [1.165, 1.54) is 7.11 Å². The zero-order valence-corrected chi connectivity index (χ0v) is 12.9. The van der Waals surface area contributed by atoms with Gasteiger partial charge in [0, 0.05) is 10.1 Å².